The predicted molar refractivity (Wildman–Crippen MR) is 55.6 cm³/mol. The second kappa shape index (κ2) is 4.82. The van der Waals surface area contributed by atoms with Gasteiger partial charge in [0.15, 0.2) is 0 Å². The molecule has 0 amide bonds. The summed E-state index contributed by atoms with van der Waals surface area (Å²) in [6, 6.07) is 4.10. The summed E-state index contributed by atoms with van der Waals surface area (Å²) in [5, 5.41) is 2.97. The lowest BCUT2D eigenvalue weighted by molar-refractivity contribution is 0.636. The molecule has 1 rings (SSSR count). The van der Waals surface area contributed by atoms with E-state index >= 15 is 0 Å². The highest BCUT2D eigenvalue weighted by Crippen LogP contribution is 2.15. The zero-order valence-electron chi connectivity index (χ0n) is 8.25. The van der Waals surface area contributed by atoms with Gasteiger partial charge in [0.2, 0.25) is 0 Å². The molecule has 1 atom stereocenters. The molecule has 3 nitrogen and oxygen atoms in total. The highest BCUT2D eigenvalue weighted by Gasteiger charge is 2.04. The Balaban J connectivity index is 2.67. The van der Waals surface area contributed by atoms with Crippen molar-refractivity contribution in [3.05, 3.63) is 23.9 Å². The molecule has 0 aliphatic heterocycles. The Morgan fingerprint density at radius 1 is 1.54 bits per heavy atom. The van der Waals surface area contributed by atoms with E-state index in [1.807, 2.05) is 25.4 Å². The van der Waals surface area contributed by atoms with Crippen LogP contribution in [0.1, 0.15) is 31.4 Å². The van der Waals surface area contributed by atoms with E-state index in [-0.39, 0.29) is 6.04 Å². The van der Waals surface area contributed by atoms with Crippen LogP contribution in [0.5, 0.6) is 0 Å². The van der Waals surface area contributed by atoms with Crippen LogP contribution in [0.2, 0.25) is 0 Å². The average molecular weight is 179 g/mol. The quantitative estimate of drug-likeness (QED) is 0.742. The molecule has 0 aliphatic rings. The zero-order chi connectivity index (χ0) is 9.68. The molecule has 0 aliphatic carbocycles. The molecule has 0 bridgehead atoms. The van der Waals surface area contributed by atoms with Gasteiger partial charge in [-0.15, -0.1) is 0 Å². The lowest BCUT2D eigenvalue weighted by Gasteiger charge is -2.10. The Morgan fingerprint density at radius 3 is 2.77 bits per heavy atom. The van der Waals surface area contributed by atoms with Crippen molar-refractivity contribution in [2.24, 2.45) is 5.73 Å². The minimum absolute atomic E-state index is 0.128. The average Bonchev–Trinajstić information content (AvgIpc) is 2.18. The first-order valence-electron chi connectivity index (χ1n) is 4.67. The Hall–Kier alpha value is -1.09. The van der Waals surface area contributed by atoms with Crippen molar-refractivity contribution in [3.8, 4) is 0 Å². The standard InChI is InChI=1S/C10H17N3/c1-3-4-9(11)8-5-6-10(12-2)13-7-8/h5-7,9H,3-4,11H2,1-2H3,(H,12,13). The molecule has 0 radical (unpaired) electrons. The number of rotatable bonds is 4. The maximum atomic E-state index is 5.94. The van der Waals surface area contributed by atoms with Crippen LogP contribution in [-0.2, 0) is 0 Å². The summed E-state index contributed by atoms with van der Waals surface area (Å²) in [5.74, 6) is 0.882. The first-order chi connectivity index (χ1) is 6.27. The summed E-state index contributed by atoms with van der Waals surface area (Å²) < 4.78 is 0. The van der Waals surface area contributed by atoms with Crippen LogP contribution in [0.3, 0.4) is 0 Å². The molecule has 3 heteroatoms. The number of aromatic nitrogens is 1. The van der Waals surface area contributed by atoms with Gasteiger partial charge in [0.1, 0.15) is 5.82 Å². The molecule has 1 heterocycles. The Morgan fingerprint density at radius 2 is 2.31 bits per heavy atom. The molecule has 0 aromatic carbocycles. The van der Waals surface area contributed by atoms with Crippen molar-refractivity contribution < 1.29 is 0 Å². The molecule has 72 valence electrons. The van der Waals surface area contributed by atoms with Gasteiger partial charge in [-0.25, -0.2) is 4.98 Å². The largest absolute Gasteiger partial charge is 0.373 e. The molecular weight excluding hydrogens is 162 g/mol. The van der Waals surface area contributed by atoms with Crippen LogP contribution in [-0.4, -0.2) is 12.0 Å². The lowest BCUT2D eigenvalue weighted by Crippen LogP contribution is -2.10. The zero-order valence-corrected chi connectivity index (χ0v) is 8.25. The van der Waals surface area contributed by atoms with Crippen molar-refractivity contribution in [2.75, 3.05) is 12.4 Å². The molecule has 1 aromatic rings. The van der Waals surface area contributed by atoms with Gasteiger partial charge in [-0.3, -0.25) is 0 Å². The number of nitrogens with two attached hydrogens (primary N) is 1. The third-order valence-corrected chi connectivity index (χ3v) is 2.07. The predicted octanol–water partition coefficient (Wildman–Crippen LogP) is 1.92. The Labute approximate surface area is 79.4 Å². The van der Waals surface area contributed by atoms with E-state index in [2.05, 4.69) is 17.2 Å². The van der Waals surface area contributed by atoms with Gasteiger partial charge in [-0.2, -0.15) is 0 Å². The first kappa shape index (κ1) is 9.99. The van der Waals surface area contributed by atoms with E-state index < -0.39 is 0 Å². The van der Waals surface area contributed by atoms with Crippen LogP contribution in [0.15, 0.2) is 18.3 Å². The molecule has 3 N–H and O–H groups in total. The summed E-state index contributed by atoms with van der Waals surface area (Å²) in [7, 11) is 1.86. The highest BCUT2D eigenvalue weighted by atomic mass is 14.9. The Kier molecular flexibility index (Phi) is 3.71. The van der Waals surface area contributed by atoms with Crippen molar-refractivity contribution in [1.29, 1.82) is 0 Å². The summed E-state index contributed by atoms with van der Waals surface area (Å²) in [6.07, 6.45) is 3.96. The van der Waals surface area contributed by atoms with Crippen LogP contribution in [0.25, 0.3) is 0 Å². The number of anilines is 1. The lowest BCUT2D eigenvalue weighted by atomic mass is 10.1. The molecule has 0 saturated heterocycles. The van der Waals surface area contributed by atoms with Gasteiger partial charge in [0.05, 0.1) is 0 Å². The topological polar surface area (TPSA) is 50.9 Å². The molecule has 0 spiro atoms. The molecule has 0 fully saturated rings. The minimum Gasteiger partial charge on any atom is -0.373 e. The van der Waals surface area contributed by atoms with Crippen molar-refractivity contribution in [2.45, 2.75) is 25.8 Å². The fourth-order valence-corrected chi connectivity index (χ4v) is 1.25. The number of pyridine rings is 1. The third kappa shape index (κ3) is 2.70. The van der Waals surface area contributed by atoms with Gasteiger partial charge in [0, 0.05) is 19.3 Å². The number of hydrogen-bond acceptors (Lipinski definition) is 3. The Bertz CT molecular complexity index is 243. The highest BCUT2D eigenvalue weighted by molar-refractivity contribution is 5.35. The van der Waals surface area contributed by atoms with Crippen molar-refractivity contribution >= 4 is 5.82 Å². The van der Waals surface area contributed by atoms with Gasteiger partial charge < -0.3 is 11.1 Å². The van der Waals surface area contributed by atoms with Crippen molar-refractivity contribution in [3.63, 3.8) is 0 Å². The summed E-state index contributed by atoms with van der Waals surface area (Å²) >= 11 is 0. The second-order valence-corrected chi connectivity index (χ2v) is 3.12. The van der Waals surface area contributed by atoms with E-state index in [4.69, 9.17) is 5.73 Å². The van der Waals surface area contributed by atoms with Gasteiger partial charge in [-0.1, -0.05) is 19.4 Å². The number of nitrogens with zero attached hydrogens (tertiary/aromatic N) is 1. The summed E-state index contributed by atoms with van der Waals surface area (Å²) in [5.41, 5.74) is 7.05. The van der Waals surface area contributed by atoms with E-state index in [9.17, 15) is 0 Å². The fraction of sp³-hybridized carbons (Fsp3) is 0.500. The number of nitrogens with one attached hydrogen (secondary N) is 1. The van der Waals surface area contributed by atoms with E-state index in [0.29, 0.717) is 0 Å². The maximum absolute atomic E-state index is 5.94. The van der Waals surface area contributed by atoms with Crippen LogP contribution in [0.4, 0.5) is 5.82 Å². The summed E-state index contributed by atoms with van der Waals surface area (Å²) in [6.45, 7) is 2.13. The first-order valence-corrected chi connectivity index (χ1v) is 4.67. The van der Waals surface area contributed by atoms with Gasteiger partial charge in [-0.05, 0) is 18.1 Å². The molecule has 13 heavy (non-hydrogen) atoms. The number of hydrogen-bond donors (Lipinski definition) is 2. The third-order valence-electron chi connectivity index (χ3n) is 2.07. The van der Waals surface area contributed by atoms with Gasteiger partial charge in [0.25, 0.3) is 0 Å². The van der Waals surface area contributed by atoms with Crippen LogP contribution in [0, 0.1) is 0 Å². The monoisotopic (exact) mass is 179 g/mol. The molecular formula is C10H17N3. The van der Waals surface area contributed by atoms with Crippen molar-refractivity contribution in [1.82, 2.24) is 4.98 Å². The van der Waals surface area contributed by atoms with E-state index in [0.717, 1.165) is 24.2 Å². The minimum atomic E-state index is 0.128. The smallest absolute Gasteiger partial charge is 0.125 e. The molecule has 0 saturated carbocycles. The van der Waals surface area contributed by atoms with E-state index in [1.165, 1.54) is 0 Å². The fourth-order valence-electron chi connectivity index (χ4n) is 1.25. The summed E-state index contributed by atoms with van der Waals surface area (Å²) in [4.78, 5) is 4.21. The molecule has 1 unspecified atom stereocenters. The van der Waals surface area contributed by atoms with Crippen LogP contribution < -0.4 is 11.1 Å². The maximum Gasteiger partial charge on any atom is 0.125 e. The second-order valence-electron chi connectivity index (χ2n) is 3.12. The van der Waals surface area contributed by atoms with Gasteiger partial charge >= 0.3 is 0 Å². The molecule has 1 aromatic heterocycles. The normalized spacial score (nSPS) is 12.5. The van der Waals surface area contributed by atoms with E-state index in [1.54, 1.807) is 0 Å². The SMILES string of the molecule is CCCC(N)c1ccc(NC)nc1. The van der Waals surface area contributed by atoms with Crippen LogP contribution >= 0.6 is 0 Å².